The van der Waals surface area contributed by atoms with Crippen LogP contribution >= 0.6 is 15.9 Å². The predicted octanol–water partition coefficient (Wildman–Crippen LogP) is 4.05. The molecule has 0 radical (unpaired) electrons. The van der Waals surface area contributed by atoms with Crippen LogP contribution in [0, 0.1) is 18.3 Å². The number of nitrogens with zero attached hydrogens (tertiary/aromatic N) is 3. The Morgan fingerprint density at radius 3 is 2.70 bits per heavy atom. The summed E-state index contributed by atoms with van der Waals surface area (Å²) < 4.78 is 0.827. The third-order valence-electron chi connectivity index (χ3n) is 3.12. The van der Waals surface area contributed by atoms with Crippen LogP contribution in [0.1, 0.15) is 23.9 Å². The largest absolute Gasteiger partial charge is 0.366 e. The molecule has 0 unspecified atom stereocenters. The van der Waals surface area contributed by atoms with E-state index in [0.29, 0.717) is 5.56 Å². The van der Waals surface area contributed by atoms with Crippen LogP contribution in [0.2, 0.25) is 0 Å². The molecular formula is C16H16BrN3. The van der Waals surface area contributed by atoms with E-state index in [-0.39, 0.29) is 0 Å². The minimum absolute atomic E-state index is 0.651. The molecule has 0 bridgehead atoms. The molecule has 0 aliphatic rings. The third-order valence-corrected chi connectivity index (χ3v) is 3.77. The highest BCUT2D eigenvalue weighted by Gasteiger charge is 2.08. The molecule has 4 heteroatoms. The lowest BCUT2D eigenvalue weighted by molar-refractivity contribution is 0.805. The monoisotopic (exact) mass is 329 g/mol. The van der Waals surface area contributed by atoms with E-state index in [4.69, 9.17) is 5.26 Å². The van der Waals surface area contributed by atoms with Gasteiger partial charge in [-0.25, -0.2) is 0 Å². The van der Waals surface area contributed by atoms with E-state index < -0.39 is 0 Å². The van der Waals surface area contributed by atoms with E-state index in [9.17, 15) is 0 Å². The molecule has 1 aromatic heterocycles. The third kappa shape index (κ3) is 3.37. The number of aryl methyl sites for hydroxylation is 1. The number of hydrogen-bond acceptors (Lipinski definition) is 3. The van der Waals surface area contributed by atoms with E-state index in [1.807, 2.05) is 43.3 Å². The predicted molar refractivity (Wildman–Crippen MR) is 84.6 cm³/mol. The van der Waals surface area contributed by atoms with Gasteiger partial charge in [0, 0.05) is 22.4 Å². The number of benzene rings is 1. The summed E-state index contributed by atoms with van der Waals surface area (Å²) in [5, 5.41) is 8.97. The van der Waals surface area contributed by atoms with E-state index in [1.165, 1.54) is 0 Å². The van der Waals surface area contributed by atoms with Gasteiger partial charge in [-0.1, -0.05) is 6.07 Å². The van der Waals surface area contributed by atoms with Gasteiger partial charge in [-0.2, -0.15) is 5.26 Å². The Bertz CT molecular complexity index is 646. The Morgan fingerprint density at radius 2 is 2.10 bits per heavy atom. The van der Waals surface area contributed by atoms with Gasteiger partial charge in [0.05, 0.1) is 17.8 Å². The summed E-state index contributed by atoms with van der Waals surface area (Å²) in [5.41, 5.74) is 3.81. The Kier molecular flexibility index (Phi) is 4.75. The average molecular weight is 330 g/mol. The molecule has 0 saturated carbocycles. The molecule has 1 heterocycles. The topological polar surface area (TPSA) is 39.9 Å². The molecule has 0 fully saturated rings. The first kappa shape index (κ1) is 14.5. The van der Waals surface area contributed by atoms with E-state index in [0.717, 1.165) is 34.6 Å². The molecule has 1 aromatic carbocycles. The van der Waals surface area contributed by atoms with Gasteiger partial charge in [-0.05, 0) is 60.1 Å². The van der Waals surface area contributed by atoms with Crippen molar-refractivity contribution in [2.24, 2.45) is 0 Å². The molecule has 0 aliphatic carbocycles. The highest BCUT2D eigenvalue weighted by atomic mass is 79.9. The van der Waals surface area contributed by atoms with Gasteiger partial charge in [0.25, 0.3) is 0 Å². The zero-order valence-corrected chi connectivity index (χ0v) is 13.2. The Balaban J connectivity index is 2.24. The summed E-state index contributed by atoms with van der Waals surface area (Å²) >= 11 is 3.44. The number of anilines is 1. The zero-order chi connectivity index (χ0) is 14.5. The normalized spacial score (nSPS) is 10.1. The Hall–Kier alpha value is -1.86. The highest BCUT2D eigenvalue weighted by Crippen LogP contribution is 2.24. The van der Waals surface area contributed by atoms with Gasteiger partial charge >= 0.3 is 0 Å². The summed E-state index contributed by atoms with van der Waals surface area (Å²) in [4.78, 5) is 6.77. The Morgan fingerprint density at radius 1 is 1.30 bits per heavy atom. The second-order valence-electron chi connectivity index (χ2n) is 4.56. The fourth-order valence-electron chi connectivity index (χ4n) is 2.06. The van der Waals surface area contributed by atoms with Crippen molar-refractivity contribution in [3.05, 3.63) is 57.8 Å². The SMILES string of the molecule is CCN(Cc1cccc(C)n1)c1ccc(C#N)c(Br)c1. The number of halogens is 1. The van der Waals surface area contributed by atoms with Crippen LogP contribution in [-0.2, 0) is 6.54 Å². The second-order valence-corrected chi connectivity index (χ2v) is 5.41. The molecule has 0 amide bonds. The molecule has 0 N–H and O–H groups in total. The fourth-order valence-corrected chi connectivity index (χ4v) is 2.52. The molecule has 0 aliphatic heterocycles. The van der Waals surface area contributed by atoms with Crippen molar-refractivity contribution in [2.45, 2.75) is 20.4 Å². The second kappa shape index (κ2) is 6.53. The minimum atomic E-state index is 0.651. The van der Waals surface area contributed by atoms with Gasteiger partial charge in [-0.15, -0.1) is 0 Å². The van der Waals surface area contributed by atoms with Crippen LogP contribution in [0.3, 0.4) is 0 Å². The highest BCUT2D eigenvalue weighted by molar-refractivity contribution is 9.10. The molecule has 0 spiro atoms. The maximum absolute atomic E-state index is 8.97. The zero-order valence-electron chi connectivity index (χ0n) is 11.6. The number of nitriles is 1. The van der Waals surface area contributed by atoms with Crippen molar-refractivity contribution in [1.29, 1.82) is 5.26 Å². The standard InChI is InChI=1S/C16H16BrN3/c1-3-20(11-14-6-4-5-12(2)19-14)15-8-7-13(10-18)16(17)9-15/h4-9H,3,11H2,1-2H3. The van der Waals surface area contributed by atoms with Crippen molar-refractivity contribution in [3.63, 3.8) is 0 Å². The molecule has 2 rings (SSSR count). The average Bonchev–Trinajstić information content (AvgIpc) is 2.44. The molecular weight excluding hydrogens is 314 g/mol. The summed E-state index contributed by atoms with van der Waals surface area (Å²) in [6, 6.07) is 14.0. The van der Waals surface area contributed by atoms with Crippen LogP contribution in [0.5, 0.6) is 0 Å². The van der Waals surface area contributed by atoms with Crippen LogP contribution < -0.4 is 4.90 Å². The van der Waals surface area contributed by atoms with Gasteiger partial charge < -0.3 is 4.90 Å². The van der Waals surface area contributed by atoms with Crippen molar-refractivity contribution >= 4 is 21.6 Å². The number of aromatic nitrogens is 1. The summed E-state index contributed by atoms with van der Waals surface area (Å²) in [7, 11) is 0. The van der Waals surface area contributed by atoms with Crippen LogP contribution in [0.25, 0.3) is 0 Å². The quantitative estimate of drug-likeness (QED) is 0.849. The molecule has 2 aromatic rings. The molecule has 0 atom stereocenters. The summed E-state index contributed by atoms with van der Waals surface area (Å²) in [6.45, 7) is 5.75. The minimum Gasteiger partial charge on any atom is -0.366 e. The van der Waals surface area contributed by atoms with Crippen LogP contribution in [0.15, 0.2) is 40.9 Å². The van der Waals surface area contributed by atoms with Gasteiger partial charge in [-0.3, -0.25) is 4.98 Å². The smallest absolute Gasteiger partial charge is 0.100 e. The van der Waals surface area contributed by atoms with E-state index in [2.05, 4.69) is 38.8 Å². The maximum Gasteiger partial charge on any atom is 0.100 e. The number of hydrogen-bond donors (Lipinski definition) is 0. The van der Waals surface area contributed by atoms with Crippen molar-refractivity contribution in [2.75, 3.05) is 11.4 Å². The first-order chi connectivity index (χ1) is 9.63. The van der Waals surface area contributed by atoms with Crippen LogP contribution in [0.4, 0.5) is 5.69 Å². The lowest BCUT2D eigenvalue weighted by Crippen LogP contribution is -2.22. The van der Waals surface area contributed by atoms with Gasteiger partial charge in [0.2, 0.25) is 0 Å². The first-order valence-electron chi connectivity index (χ1n) is 6.51. The first-order valence-corrected chi connectivity index (χ1v) is 7.30. The lowest BCUT2D eigenvalue weighted by Gasteiger charge is -2.23. The molecule has 102 valence electrons. The van der Waals surface area contributed by atoms with E-state index >= 15 is 0 Å². The maximum atomic E-state index is 8.97. The van der Waals surface area contributed by atoms with Gasteiger partial charge in [0.1, 0.15) is 6.07 Å². The summed E-state index contributed by atoms with van der Waals surface area (Å²) in [5.74, 6) is 0. The number of pyridine rings is 1. The molecule has 0 saturated heterocycles. The van der Waals surface area contributed by atoms with E-state index in [1.54, 1.807) is 0 Å². The summed E-state index contributed by atoms with van der Waals surface area (Å²) in [6.07, 6.45) is 0. The lowest BCUT2D eigenvalue weighted by atomic mass is 10.2. The molecule has 3 nitrogen and oxygen atoms in total. The Labute approximate surface area is 128 Å². The van der Waals surface area contributed by atoms with Crippen LogP contribution in [-0.4, -0.2) is 11.5 Å². The molecule has 20 heavy (non-hydrogen) atoms. The fraction of sp³-hybridized carbons (Fsp3) is 0.250. The van der Waals surface area contributed by atoms with Crippen molar-refractivity contribution in [1.82, 2.24) is 4.98 Å². The van der Waals surface area contributed by atoms with Gasteiger partial charge in [0.15, 0.2) is 0 Å². The van der Waals surface area contributed by atoms with Crippen molar-refractivity contribution < 1.29 is 0 Å². The number of rotatable bonds is 4. The van der Waals surface area contributed by atoms with Crippen molar-refractivity contribution in [3.8, 4) is 6.07 Å².